The highest BCUT2D eigenvalue weighted by Crippen LogP contribution is 2.39. The van der Waals surface area contributed by atoms with Gasteiger partial charge in [0.2, 0.25) is 0 Å². The lowest BCUT2D eigenvalue weighted by molar-refractivity contribution is -0.113. The average Bonchev–Trinajstić information content (AvgIpc) is 2.98. The molecule has 0 atom stereocenters. The van der Waals surface area contributed by atoms with Crippen molar-refractivity contribution < 1.29 is 14.3 Å². The molecule has 166 valence electrons. The second-order valence-corrected chi connectivity index (χ2v) is 8.88. The number of hydrogen-bond donors (Lipinski definition) is 0. The number of anilines is 1. The first-order chi connectivity index (χ1) is 14.8. The van der Waals surface area contributed by atoms with Crippen LogP contribution >= 0.6 is 0 Å². The maximum absolute atomic E-state index is 13.6. The number of carbonyl (C=O) groups excluding carboxylic acids is 1. The number of amides is 1. The van der Waals surface area contributed by atoms with E-state index < -0.39 is 0 Å². The minimum Gasteiger partial charge on any atom is -0.497 e. The predicted octanol–water partition coefficient (Wildman–Crippen LogP) is 5.16. The topological polar surface area (TPSA) is 42.0 Å². The molecule has 5 nitrogen and oxygen atoms in total. The normalized spacial score (nSPS) is 14.8. The van der Waals surface area contributed by atoms with Crippen LogP contribution in [0, 0.1) is 11.8 Å². The molecule has 0 aromatic heterocycles. The molecule has 3 rings (SSSR count). The van der Waals surface area contributed by atoms with E-state index in [2.05, 4.69) is 32.6 Å². The molecule has 0 saturated carbocycles. The van der Waals surface area contributed by atoms with Gasteiger partial charge < -0.3 is 9.47 Å². The molecule has 0 saturated heterocycles. The van der Waals surface area contributed by atoms with Gasteiger partial charge in [0.15, 0.2) is 0 Å². The predicted molar refractivity (Wildman–Crippen MR) is 127 cm³/mol. The molecule has 0 N–H and O–H groups in total. The van der Waals surface area contributed by atoms with E-state index in [0.717, 1.165) is 35.7 Å². The van der Waals surface area contributed by atoms with Gasteiger partial charge in [0, 0.05) is 29.8 Å². The molecule has 2 aromatic rings. The standard InChI is InChI=1S/C26H34N2O3/c1-18(2)15-27(16-19(3)4)17-28-24-10-8-7-9-22(24)23(26(28)29)14-20-13-21(30-5)11-12-25(20)31-6/h7-14,18-19H,15-17H2,1-6H3. The first-order valence-corrected chi connectivity index (χ1v) is 10.9. The van der Waals surface area contributed by atoms with Crippen molar-refractivity contribution in [3.05, 3.63) is 53.6 Å². The highest BCUT2D eigenvalue weighted by atomic mass is 16.5. The fourth-order valence-electron chi connectivity index (χ4n) is 4.12. The van der Waals surface area contributed by atoms with Crippen LogP contribution in [0.4, 0.5) is 5.69 Å². The molecule has 31 heavy (non-hydrogen) atoms. The average molecular weight is 423 g/mol. The molecule has 1 aliphatic heterocycles. The number of para-hydroxylation sites is 1. The summed E-state index contributed by atoms with van der Waals surface area (Å²) < 4.78 is 10.9. The van der Waals surface area contributed by atoms with Crippen molar-refractivity contribution in [2.24, 2.45) is 11.8 Å². The highest BCUT2D eigenvalue weighted by Gasteiger charge is 2.33. The zero-order valence-electron chi connectivity index (χ0n) is 19.5. The SMILES string of the molecule is COc1ccc(OC)c(C=C2C(=O)N(CN(CC(C)C)CC(C)C)c3ccccc32)c1. The van der Waals surface area contributed by atoms with Crippen molar-refractivity contribution in [1.82, 2.24) is 4.90 Å². The van der Waals surface area contributed by atoms with Crippen LogP contribution in [0.2, 0.25) is 0 Å². The Bertz CT molecular complexity index is 939. The van der Waals surface area contributed by atoms with Crippen LogP contribution in [0.5, 0.6) is 11.5 Å². The Hall–Kier alpha value is -2.79. The van der Waals surface area contributed by atoms with Gasteiger partial charge in [-0.1, -0.05) is 45.9 Å². The third-order valence-electron chi connectivity index (χ3n) is 5.29. The first kappa shape index (κ1) is 22.9. The summed E-state index contributed by atoms with van der Waals surface area (Å²) in [5, 5.41) is 0. The summed E-state index contributed by atoms with van der Waals surface area (Å²) in [4.78, 5) is 17.9. The monoisotopic (exact) mass is 422 g/mol. The van der Waals surface area contributed by atoms with Crippen LogP contribution < -0.4 is 14.4 Å². The van der Waals surface area contributed by atoms with Crippen LogP contribution in [0.15, 0.2) is 42.5 Å². The first-order valence-electron chi connectivity index (χ1n) is 10.9. The maximum Gasteiger partial charge on any atom is 0.260 e. The largest absolute Gasteiger partial charge is 0.497 e. The Balaban J connectivity index is 2.00. The molecule has 2 aromatic carbocycles. The van der Waals surface area contributed by atoms with Gasteiger partial charge in [-0.15, -0.1) is 0 Å². The van der Waals surface area contributed by atoms with Crippen molar-refractivity contribution in [1.29, 1.82) is 0 Å². The van der Waals surface area contributed by atoms with Gasteiger partial charge in [-0.25, -0.2) is 0 Å². The van der Waals surface area contributed by atoms with Crippen molar-refractivity contribution in [3.8, 4) is 11.5 Å². The van der Waals surface area contributed by atoms with Crippen LogP contribution in [0.25, 0.3) is 11.6 Å². The zero-order valence-corrected chi connectivity index (χ0v) is 19.5. The lowest BCUT2D eigenvalue weighted by Gasteiger charge is -2.30. The third-order valence-corrected chi connectivity index (χ3v) is 5.29. The Kier molecular flexibility index (Phi) is 7.39. The van der Waals surface area contributed by atoms with Crippen LogP contribution in [0.3, 0.4) is 0 Å². The summed E-state index contributed by atoms with van der Waals surface area (Å²) >= 11 is 0. The van der Waals surface area contributed by atoms with E-state index in [4.69, 9.17) is 9.47 Å². The molecule has 0 aliphatic carbocycles. The van der Waals surface area contributed by atoms with Crippen molar-refractivity contribution in [2.75, 3.05) is 38.9 Å². The van der Waals surface area contributed by atoms with Gasteiger partial charge in [0.05, 0.1) is 26.6 Å². The number of carbonyl (C=O) groups is 1. The van der Waals surface area contributed by atoms with Crippen LogP contribution in [0.1, 0.15) is 38.8 Å². The second-order valence-electron chi connectivity index (χ2n) is 8.88. The third kappa shape index (κ3) is 5.28. The van der Waals surface area contributed by atoms with Gasteiger partial charge in [0.1, 0.15) is 11.5 Å². The van der Waals surface area contributed by atoms with E-state index >= 15 is 0 Å². The molecular formula is C26H34N2O3. The fraction of sp³-hybridized carbons (Fsp3) is 0.423. The smallest absolute Gasteiger partial charge is 0.260 e. The van der Waals surface area contributed by atoms with Gasteiger partial charge in [-0.3, -0.25) is 14.6 Å². The van der Waals surface area contributed by atoms with Crippen molar-refractivity contribution >= 4 is 23.2 Å². The number of fused-ring (bicyclic) bond motifs is 1. The molecule has 0 radical (unpaired) electrons. The van der Waals surface area contributed by atoms with E-state index in [0.29, 0.717) is 29.8 Å². The quantitative estimate of drug-likeness (QED) is 0.523. The van der Waals surface area contributed by atoms with E-state index in [1.54, 1.807) is 14.2 Å². The number of nitrogens with zero attached hydrogens (tertiary/aromatic N) is 2. The highest BCUT2D eigenvalue weighted by molar-refractivity contribution is 6.35. The van der Waals surface area contributed by atoms with Crippen LogP contribution in [-0.2, 0) is 4.79 Å². The number of benzene rings is 2. The fourth-order valence-corrected chi connectivity index (χ4v) is 4.12. The number of hydrogen-bond acceptors (Lipinski definition) is 4. The van der Waals surface area contributed by atoms with Gasteiger partial charge in [-0.05, 0) is 42.2 Å². The summed E-state index contributed by atoms with van der Waals surface area (Å²) in [7, 11) is 3.27. The summed E-state index contributed by atoms with van der Waals surface area (Å²) in [6, 6.07) is 13.6. The van der Waals surface area contributed by atoms with Crippen molar-refractivity contribution in [2.45, 2.75) is 27.7 Å². The van der Waals surface area contributed by atoms with Gasteiger partial charge in [-0.2, -0.15) is 0 Å². The molecule has 0 spiro atoms. The lowest BCUT2D eigenvalue weighted by atomic mass is 10.0. The van der Waals surface area contributed by atoms with E-state index in [1.165, 1.54) is 0 Å². The van der Waals surface area contributed by atoms with Crippen LogP contribution in [-0.4, -0.2) is 44.8 Å². The zero-order chi connectivity index (χ0) is 22.5. The molecule has 0 unspecified atom stereocenters. The maximum atomic E-state index is 13.6. The number of rotatable bonds is 9. The lowest BCUT2D eigenvalue weighted by Crippen LogP contribution is -2.42. The summed E-state index contributed by atoms with van der Waals surface area (Å²) in [5.41, 5.74) is 3.41. The Morgan fingerprint density at radius 1 is 0.968 bits per heavy atom. The molecule has 0 bridgehead atoms. The Morgan fingerprint density at radius 3 is 2.26 bits per heavy atom. The number of methoxy groups -OCH3 is 2. The molecule has 5 heteroatoms. The summed E-state index contributed by atoms with van der Waals surface area (Å²) in [6.07, 6.45) is 1.91. The Labute approximate surface area is 186 Å². The molecule has 0 fully saturated rings. The van der Waals surface area contributed by atoms with Gasteiger partial charge in [0.25, 0.3) is 5.91 Å². The summed E-state index contributed by atoms with van der Waals surface area (Å²) in [5.74, 6) is 2.51. The summed E-state index contributed by atoms with van der Waals surface area (Å²) in [6.45, 7) is 11.3. The molecular weight excluding hydrogens is 388 g/mol. The number of ether oxygens (including phenoxy) is 2. The van der Waals surface area contributed by atoms with Crippen molar-refractivity contribution in [3.63, 3.8) is 0 Å². The minimum atomic E-state index is 0.0172. The van der Waals surface area contributed by atoms with E-state index in [1.807, 2.05) is 53.4 Å². The van der Waals surface area contributed by atoms with E-state index in [-0.39, 0.29) is 5.91 Å². The molecule has 1 heterocycles. The molecule has 1 amide bonds. The van der Waals surface area contributed by atoms with Gasteiger partial charge >= 0.3 is 0 Å². The van der Waals surface area contributed by atoms with E-state index in [9.17, 15) is 4.79 Å². The second kappa shape index (κ2) is 10.0. The minimum absolute atomic E-state index is 0.0172. The Morgan fingerprint density at radius 2 is 1.65 bits per heavy atom. The molecule has 1 aliphatic rings.